The van der Waals surface area contributed by atoms with Gasteiger partial charge in [0.25, 0.3) is 5.91 Å². The number of aromatic nitrogens is 2. The maximum Gasteiger partial charge on any atom is 0.252 e. The van der Waals surface area contributed by atoms with E-state index < -0.39 is 18.3 Å². The third-order valence-electron chi connectivity index (χ3n) is 6.93. The van der Waals surface area contributed by atoms with E-state index in [0.717, 1.165) is 37.8 Å². The molecule has 32 heavy (non-hydrogen) atoms. The van der Waals surface area contributed by atoms with Crippen LogP contribution in [0.15, 0.2) is 30.7 Å². The molecule has 0 radical (unpaired) electrons. The van der Waals surface area contributed by atoms with Crippen molar-refractivity contribution < 1.29 is 18.4 Å². The van der Waals surface area contributed by atoms with Gasteiger partial charge in [-0.15, -0.1) is 0 Å². The van der Waals surface area contributed by atoms with Crippen molar-refractivity contribution in [2.45, 2.75) is 63.7 Å². The molecule has 0 bridgehead atoms. The molecule has 2 amide bonds. The average Bonchev–Trinajstić information content (AvgIpc) is 3.27. The van der Waals surface area contributed by atoms with Crippen molar-refractivity contribution in [3.8, 4) is 0 Å². The van der Waals surface area contributed by atoms with Gasteiger partial charge in [-0.3, -0.25) is 9.59 Å². The van der Waals surface area contributed by atoms with Crippen LogP contribution in [0.2, 0.25) is 0 Å². The second-order valence-corrected chi connectivity index (χ2v) is 9.16. The number of unbranched alkanes of at least 4 members (excludes halogenated alkanes) is 1. The van der Waals surface area contributed by atoms with Crippen molar-refractivity contribution in [1.29, 1.82) is 0 Å². The van der Waals surface area contributed by atoms with E-state index in [1.807, 2.05) is 16.7 Å². The monoisotopic (exact) mass is 446 g/mol. The summed E-state index contributed by atoms with van der Waals surface area (Å²) in [6, 6.07) is 3.60. The molecule has 3 atom stereocenters. The van der Waals surface area contributed by atoms with Crippen LogP contribution in [0.1, 0.15) is 61.7 Å². The Morgan fingerprint density at radius 3 is 2.69 bits per heavy atom. The summed E-state index contributed by atoms with van der Waals surface area (Å²) in [6.07, 6.45) is 8.18. The van der Waals surface area contributed by atoms with Crippen molar-refractivity contribution in [1.82, 2.24) is 19.6 Å². The molecule has 1 aliphatic heterocycles. The van der Waals surface area contributed by atoms with Gasteiger partial charge in [-0.2, -0.15) is 0 Å². The molecule has 0 aromatic carbocycles. The van der Waals surface area contributed by atoms with Crippen LogP contribution < -0.4 is 5.32 Å². The number of likely N-dealkylation sites (tertiary alicyclic amines) is 1. The Hall–Kier alpha value is -2.51. The van der Waals surface area contributed by atoms with Crippen LogP contribution in [0, 0.1) is 11.8 Å². The van der Waals surface area contributed by atoms with Crippen molar-refractivity contribution in [3.63, 3.8) is 0 Å². The first kappa shape index (κ1) is 22.7. The van der Waals surface area contributed by atoms with Gasteiger partial charge in [-0.25, -0.2) is 13.8 Å². The minimum atomic E-state index is -1.35. The maximum atomic E-state index is 14.1. The van der Waals surface area contributed by atoms with E-state index in [1.54, 1.807) is 23.4 Å². The van der Waals surface area contributed by atoms with Crippen LogP contribution in [-0.2, 0) is 4.79 Å². The molecule has 2 fully saturated rings. The number of nitrogens with one attached hydrogen (secondary N) is 1. The van der Waals surface area contributed by atoms with Gasteiger partial charge in [0.05, 0.1) is 11.5 Å². The fourth-order valence-corrected chi connectivity index (χ4v) is 4.94. The molecule has 3 heterocycles. The summed E-state index contributed by atoms with van der Waals surface area (Å²) in [4.78, 5) is 30.9. The topological polar surface area (TPSA) is 66.7 Å². The van der Waals surface area contributed by atoms with Gasteiger partial charge in [0.15, 0.2) is 0 Å². The minimum absolute atomic E-state index is 0.0830. The SMILES string of the molecule is O=C(NCCCCC1CCN(C(=O)C2CCC(F)CC2F)CC1)c1ccc2nccn2c1. The van der Waals surface area contributed by atoms with Crippen molar-refractivity contribution in [2.24, 2.45) is 11.8 Å². The summed E-state index contributed by atoms with van der Waals surface area (Å²) in [5.74, 6) is -0.308. The Labute approximate surface area is 187 Å². The van der Waals surface area contributed by atoms with E-state index in [2.05, 4.69) is 10.3 Å². The Bertz CT molecular complexity index is 926. The van der Waals surface area contributed by atoms with Gasteiger partial charge in [0, 0.05) is 44.6 Å². The number of fused-ring (bicyclic) bond motifs is 1. The minimum Gasteiger partial charge on any atom is -0.352 e. The fraction of sp³-hybridized carbons (Fsp3) is 0.625. The van der Waals surface area contributed by atoms with Crippen LogP contribution >= 0.6 is 0 Å². The lowest BCUT2D eigenvalue weighted by Gasteiger charge is -2.36. The van der Waals surface area contributed by atoms with Crippen molar-refractivity contribution >= 4 is 17.5 Å². The molecule has 8 heteroatoms. The number of nitrogens with zero attached hydrogens (tertiary/aromatic N) is 3. The molecule has 3 unspecified atom stereocenters. The molecule has 2 aromatic rings. The molecular weight excluding hydrogens is 414 g/mol. The summed E-state index contributed by atoms with van der Waals surface area (Å²) in [5, 5.41) is 2.97. The molecule has 0 spiro atoms. The zero-order chi connectivity index (χ0) is 22.5. The Morgan fingerprint density at radius 2 is 1.91 bits per heavy atom. The number of carbonyl (C=O) groups is 2. The molecule has 1 saturated heterocycles. The van der Waals surface area contributed by atoms with Crippen LogP contribution in [0.3, 0.4) is 0 Å². The lowest BCUT2D eigenvalue weighted by Crippen LogP contribution is -2.46. The molecule has 174 valence electrons. The molecule has 4 rings (SSSR count). The number of amides is 2. The van der Waals surface area contributed by atoms with E-state index >= 15 is 0 Å². The average molecular weight is 447 g/mol. The number of piperidine rings is 1. The Morgan fingerprint density at radius 1 is 1.09 bits per heavy atom. The number of rotatable bonds is 7. The van der Waals surface area contributed by atoms with E-state index in [9.17, 15) is 18.4 Å². The van der Waals surface area contributed by atoms with Crippen LogP contribution in [0.25, 0.3) is 5.65 Å². The first-order valence-electron chi connectivity index (χ1n) is 11.8. The summed E-state index contributed by atoms with van der Waals surface area (Å²) in [6.45, 7) is 1.96. The third kappa shape index (κ3) is 5.45. The van der Waals surface area contributed by atoms with E-state index in [-0.39, 0.29) is 18.2 Å². The maximum absolute atomic E-state index is 14.1. The predicted molar refractivity (Wildman–Crippen MR) is 118 cm³/mol. The number of hydrogen-bond acceptors (Lipinski definition) is 3. The summed E-state index contributed by atoms with van der Waals surface area (Å²) >= 11 is 0. The lowest BCUT2D eigenvalue weighted by molar-refractivity contribution is -0.141. The summed E-state index contributed by atoms with van der Waals surface area (Å²) in [5.41, 5.74) is 1.43. The second-order valence-electron chi connectivity index (χ2n) is 9.16. The van der Waals surface area contributed by atoms with Gasteiger partial charge in [-0.1, -0.05) is 12.8 Å². The van der Waals surface area contributed by atoms with Gasteiger partial charge < -0.3 is 14.6 Å². The number of alkyl halides is 2. The van der Waals surface area contributed by atoms with E-state index in [1.165, 1.54) is 0 Å². The third-order valence-corrected chi connectivity index (χ3v) is 6.93. The molecule has 2 aliphatic rings. The normalized spacial score (nSPS) is 24.6. The number of halogens is 2. The first-order valence-corrected chi connectivity index (χ1v) is 11.8. The quantitative estimate of drug-likeness (QED) is 0.655. The number of pyridine rings is 1. The van der Waals surface area contributed by atoms with Crippen molar-refractivity contribution in [2.75, 3.05) is 19.6 Å². The van der Waals surface area contributed by atoms with Crippen molar-refractivity contribution in [3.05, 3.63) is 36.3 Å². The van der Waals surface area contributed by atoms with E-state index in [4.69, 9.17) is 0 Å². The summed E-state index contributed by atoms with van der Waals surface area (Å²) < 4.78 is 29.3. The largest absolute Gasteiger partial charge is 0.352 e. The number of imidazole rings is 1. The van der Waals surface area contributed by atoms with Gasteiger partial charge in [0.2, 0.25) is 5.91 Å². The number of carbonyl (C=O) groups excluding carboxylic acids is 2. The molecule has 1 saturated carbocycles. The lowest BCUT2D eigenvalue weighted by atomic mass is 9.84. The fourth-order valence-electron chi connectivity index (χ4n) is 4.94. The second kappa shape index (κ2) is 10.4. The van der Waals surface area contributed by atoms with Crippen LogP contribution in [0.5, 0.6) is 0 Å². The van der Waals surface area contributed by atoms with E-state index in [0.29, 0.717) is 44.0 Å². The molecule has 2 aromatic heterocycles. The zero-order valence-electron chi connectivity index (χ0n) is 18.4. The van der Waals surface area contributed by atoms with Gasteiger partial charge >= 0.3 is 0 Å². The highest BCUT2D eigenvalue weighted by Gasteiger charge is 2.38. The highest BCUT2D eigenvalue weighted by atomic mass is 19.1. The Balaban J connectivity index is 1.11. The molecular formula is C24H32F2N4O2. The smallest absolute Gasteiger partial charge is 0.252 e. The van der Waals surface area contributed by atoms with Crippen LogP contribution in [0.4, 0.5) is 8.78 Å². The summed E-state index contributed by atoms with van der Waals surface area (Å²) in [7, 11) is 0. The molecule has 1 aliphatic carbocycles. The van der Waals surface area contributed by atoms with Crippen LogP contribution in [-0.4, -0.2) is 58.1 Å². The standard InChI is InChI=1S/C24H32F2N4O2/c25-19-5-6-20(21(26)15-19)24(32)29-12-8-17(9-13-29)3-1-2-10-28-23(31)18-4-7-22-27-11-14-30(22)16-18/h4,7,11,14,16-17,19-21H,1-3,5-6,8-10,12-13,15H2,(H,28,31). The van der Waals surface area contributed by atoms with Gasteiger partial charge in [-0.05, 0) is 50.2 Å². The Kier molecular flexibility index (Phi) is 7.37. The highest BCUT2D eigenvalue weighted by molar-refractivity contribution is 5.94. The first-order chi connectivity index (χ1) is 15.5. The van der Waals surface area contributed by atoms with Gasteiger partial charge in [0.1, 0.15) is 18.0 Å². The molecule has 1 N–H and O–H groups in total. The zero-order valence-corrected chi connectivity index (χ0v) is 18.4. The number of hydrogen-bond donors (Lipinski definition) is 1. The highest BCUT2D eigenvalue weighted by Crippen LogP contribution is 2.32. The predicted octanol–water partition coefficient (Wildman–Crippen LogP) is 3.95. The molecule has 6 nitrogen and oxygen atoms in total.